The molecule has 0 saturated carbocycles. The van der Waals surface area contributed by atoms with Crippen LogP contribution in [-0.2, 0) is 9.59 Å². The van der Waals surface area contributed by atoms with Crippen molar-refractivity contribution in [2.45, 2.75) is 38.4 Å². The van der Waals surface area contributed by atoms with Crippen molar-refractivity contribution in [1.29, 1.82) is 0 Å². The minimum atomic E-state index is -0.912. The van der Waals surface area contributed by atoms with Gasteiger partial charge < -0.3 is 4.90 Å². The fourth-order valence-corrected chi connectivity index (χ4v) is 5.53. The summed E-state index contributed by atoms with van der Waals surface area (Å²) in [5.74, 6) is -2.80. The molecule has 0 aliphatic carbocycles. The van der Waals surface area contributed by atoms with E-state index in [1.54, 1.807) is 36.4 Å². The van der Waals surface area contributed by atoms with Crippen molar-refractivity contribution in [2.75, 3.05) is 4.90 Å². The van der Waals surface area contributed by atoms with Gasteiger partial charge in [-0.05, 0) is 43.7 Å². The normalized spacial score (nSPS) is 26.8. The molecule has 0 spiro atoms. The first-order valence-corrected chi connectivity index (χ1v) is 11.1. The zero-order valence-corrected chi connectivity index (χ0v) is 18.4. The molecule has 164 valence electrons. The number of Topliss-reactive ketones (excluding diaryl/α,β-unsaturated/α-hetero) is 1. The molecule has 2 saturated heterocycles. The van der Waals surface area contributed by atoms with E-state index < -0.39 is 29.7 Å². The highest BCUT2D eigenvalue weighted by Gasteiger charge is 2.64. The number of nitrogens with zero attached hydrogens (tertiary/aromatic N) is 2. The third-order valence-corrected chi connectivity index (χ3v) is 7.27. The average Bonchev–Trinajstić information content (AvgIpc) is 3.26. The van der Waals surface area contributed by atoms with Gasteiger partial charge in [0.05, 0.1) is 22.9 Å². The van der Waals surface area contributed by atoms with E-state index in [1.165, 1.54) is 17.0 Å². The molecule has 2 aromatic carbocycles. The fourth-order valence-electron chi connectivity index (χ4n) is 5.30. The number of likely N-dealkylation sites (tertiary alicyclic amines) is 1. The van der Waals surface area contributed by atoms with Gasteiger partial charge in [0.2, 0.25) is 11.8 Å². The molecule has 2 aromatic rings. The van der Waals surface area contributed by atoms with Gasteiger partial charge in [0.1, 0.15) is 11.9 Å². The average molecular weight is 453 g/mol. The smallest absolute Gasteiger partial charge is 0.236 e. The maximum absolute atomic E-state index is 13.9. The molecule has 0 bridgehead atoms. The van der Waals surface area contributed by atoms with Crippen molar-refractivity contribution in [1.82, 2.24) is 4.90 Å². The van der Waals surface area contributed by atoms with Gasteiger partial charge in [0.25, 0.3) is 0 Å². The van der Waals surface area contributed by atoms with Gasteiger partial charge in [0, 0.05) is 22.9 Å². The molecule has 2 amide bonds. The first-order chi connectivity index (χ1) is 15.3. The highest BCUT2D eigenvalue weighted by atomic mass is 35.5. The highest BCUT2D eigenvalue weighted by molar-refractivity contribution is 6.34. The molecule has 5 rings (SSSR count). The van der Waals surface area contributed by atoms with E-state index in [0.717, 1.165) is 0 Å². The Balaban J connectivity index is 1.68. The van der Waals surface area contributed by atoms with Crippen LogP contribution in [0.4, 0.5) is 10.1 Å². The van der Waals surface area contributed by atoms with Crippen LogP contribution in [0.15, 0.2) is 48.5 Å². The molecule has 5 atom stereocenters. The Kier molecular flexibility index (Phi) is 4.93. The Morgan fingerprint density at radius 3 is 2.56 bits per heavy atom. The lowest BCUT2D eigenvalue weighted by molar-refractivity contribution is -0.142. The van der Waals surface area contributed by atoms with Crippen LogP contribution < -0.4 is 4.90 Å². The standard InChI is InChI=1S/C25H22ClFN2O3/c1-3-13(2)28-24(31)20-19-10-8-14-12-15(27)9-11-18(14)29(19)22(21(20)25(28)32)23(30)16-6-4-5-7-17(16)26/h4-13,19-22H,3H2,1-2H3/t13-,19-,20-,21+,22-/m0/s1. The van der Waals surface area contributed by atoms with Gasteiger partial charge in [-0.2, -0.15) is 0 Å². The van der Waals surface area contributed by atoms with E-state index in [1.807, 2.05) is 24.8 Å². The molecule has 3 aliphatic rings. The number of hydrogen-bond acceptors (Lipinski definition) is 4. The minimum absolute atomic E-state index is 0.251. The molecule has 3 heterocycles. The second kappa shape index (κ2) is 7.55. The van der Waals surface area contributed by atoms with Crippen molar-refractivity contribution < 1.29 is 18.8 Å². The Morgan fingerprint density at radius 2 is 1.84 bits per heavy atom. The van der Waals surface area contributed by atoms with Crippen molar-refractivity contribution in [2.24, 2.45) is 11.8 Å². The third kappa shape index (κ3) is 2.85. The van der Waals surface area contributed by atoms with Crippen LogP contribution in [0.3, 0.4) is 0 Å². The summed E-state index contributed by atoms with van der Waals surface area (Å²) in [5, 5.41) is 0.292. The number of carbonyl (C=O) groups is 3. The number of ketones is 1. The fraction of sp³-hybridized carbons (Fsp3) is 0.320. The summed E-state index contributed by atoms with van der Waals surface area (Å²) in [6.45, 7) is 3.76. The van der Waals surface area contributed by atoms with E-state index >= 15 is 0 Å². The van der Waals surface area contributed by atoms with Gasteiger partial charge in [-0.15, -0.1) is 0 Å². The maximum Gasteiger partial charge on any atom is 0.236 e. The Labute approximate surface area is 190 Å². The van der Waals surface area contributed by atoms with Crippen LogP contribution in [0.1, 0.15) is 36.2 Å². The highest BCUT2D eigenvalue weighted by Crippen LogP contribution is 2.49. The van der Waals surface area contributed by atoms with Crippen LogP contribution >= 0.6 is 11.6 Å². The van der Waals surface area contributed by atoms with Gasteiger partial charge >= 0.3 is 0 Å². The summed E-state index contributed by atoms with van der Waals surface area (Å²) in [6, 6.07) is 9.40. The molecular formula is C25H22ClFN2O3. The quantitative estimate of drug-likeness (QED) is 0.511. The summed E-state index contributed by atoms with van der Waals surface area (Å²) >= 11 is 6.34. The first kappa shape index (κ1) is 20.9. The van der Waals surface area contributed by atoms with Crippen LogP contribution in [0, 0.1) is 17.7 Å². The molecule has 7 heteroatoms. The largest absolute Gasteiger partial charge is 0.352 e. The second-order valence-corrected chi connectivity index (χ2v) is 9.01. The molecule has 3 aliphatic heterocycles. The minimum Gasteiger partial charge on any atom is -0.352 e. The van der Waals surface area contributed by atoms with E-state index in [9.17, 15) is 18.8 Å². The van der Waals surface area contributed by atoms with Crippen LogP contribution in [0.25, 0.3) is 6.08 Å². The Bertz CT molecular complexity index is 1180. The number of anilines is 1. The number of imide groups is 1. The topological polar surface area (TPSA) is 57.7 Å². The number of amides is 2. The Morgan fingerprint density at radius 1 is 1.12 bits per heavy atom. The predicted molar refractivity (Wildman–Crippen MR) is 120 cm³/mol. The monoisotopic (exact) mass is 452 g/mol. The summed E-state index contributed by atoms with van der Waals surface area (Å²) < 4.78 is 13.9. The molecular weight excluding hydrogens is 431 g/mol. The van der Waals surface area contributed by atoms with E-state index in [2.05, 4.69) is 0 Å². The number of hydrogen-bond donors (Lipinski definition) is 0. The van der Waals surface area contributed by atoms with E-state index in [4.69, 9.17) is 11.6 Å². The van der Waals surface area contributed by atoms with Gasteiger partial charge in [-0.25, -0.2) is 4.39 Å². The maximum atomic E-state index is 13.9. The van der Waals surface area contributed by atoms with Gasteiger partial charge in [-0.1, -0.05) is 42.8 Å². The van der Waals surface area contributed by atoms with Crippen molar-refractivity contribution in [3.63, 3.8) is 0 Å². The number of carbonyl (C=O) groups excluding carboxylic acids is 3. The van der Waals surface area contributed by atoms with Gasteiger partial charge in [-0.3, -0.25) is 19.3 Å². The first-order valence-electron chi connectivity index (χ1n) is 10.8. The predicted octanol–water partition coefficient (Wildman–Crippen LogP) is 4.35. The second-order valence-electron chi connectivity index (χ2n) is 8.60. The zero-order chi connectivity index (χ0) is 22.7. The van der Waals surface area contributed by atoms with Crippen LogP contribution in [0.2, 0.25) is 5.02 Å². The SMILES string of the molecule is CC[C@H](C)N1C(=O)[C@@H]2[C@@H](C1=O)[C@@H]1C=Cc3cc(F)ccc3N1[C@@H]2C(=O)c1ccccc1Cl. The summed E-state index contributed by atoms with van der Waals surface area (Å²) in [5.41, 5.74) is 1.55. The van der Waals surface area contributed by atoms with Crippen molar-refractivity contribution in [3.05, 3.63) is 70.5 Å². The molecule has 0 N–H and O–H groups in total. The third-order valence-electron chi connectivity index (χ3n) is 6.94. The molecule has 32 heavy (non-hydrogen) atoms. The van der Waals surface area contributed by atoms with E-state index in [-0.39, 0.29) is 23.6 Å². The lowest BCUT2D eigenvalue weighted by atomic mass is 9.86. The molecule has 0 aromatic heterocycles. The van der Waals surface area contributed by atoms with Crippen molar-refractivity contribution in [3.8, 4) is 0 Å². The lowest BCUT2D eigenvalue weighted by Crippen LogP contribution is -2.50. The number of fused-ring (bicyclic) bond motifs is 5. The van der Waals surface area contributed by atoms with Crippen molar-refractivity contribution >= 4 is 41.0 Å². The number of rotatable bonds is 4. The number of halogens is 2. The van der Waals surface area contributed by atoms with Gasteiger partial charge in [0.15, 0.2) is 5.78 Å². The lowest BCUT2D eigenvalue weighted by Gasteiger charge is -2.37. The molecule has 0 unspecified atom stereocenters. The zero-order valence-electron chi connectivity index (χ0n) is 17.7. The van der Waals surface area contributed by atoms with E-state index in [0.29, 0.717) is 28.3 Å². The van der Waals surface area contributed by atoms with Crippen LogP contribution in [0.5, 0.6) is 0 Å². The van der Waals surface area contributed by atoms with Crippen LogP contribution in [-0.4, -0.2) is 40.6 Å². The number of benzene rings is 2. The molecule has 5 nitrogen and oxygen atoms in total. The summed E-state index contributed by atoms with van der Waals surface area (Å²) in [7, 11) is 0. The molecule has 2 fully saturated rings. The molecule has 0 radical (unpaired) electrons. The summed E-state index contributed by atoms with van der Waals surface area (Å²) in [6.07, 6.45) is 4.21. The summed E-state index contributed by atoms with van der Waals surface area (Å²) in [4.78, 5) is 44.0. The Hall–Kier alpha value is -2.99.